The number of rotatable bonds is 3. The lowest BCUT2D eigenvalue weighted by molar-refractivity contribution is 0.406. The number of ether oxygens (including phenoxy) is 1. The van der Waals surface area contributed by atoms with Gasteiger partial charge >= 0.3 is 0 Å². The van der Waals surface area contributed by atoms with E-state index < -0.39 is 0 Å². The van der Waals surface area contributed by atoms with Crippen LogP contribution in [-0.2, 0) is 0 Å². The Morgan fingerprint density at radius 3 is 2.78 bits per heavy atom. The number of aromatic amines is 1. The first-order valence-electron chi connectivity index (χ1n) is 5.53. The fourth-order valence-electron chi connectivity index (χ4n) is 2.09. The van der Waals surface area contributed by atoms with E-state index in [9.17, 15) is 5.26 Å². The van der Waals surface area contributed by atoms with Gasteiger partial charge in [-0.25, -0.2) is 0 Å². The summed E-state index contributed by atoms with van der Waals surface area (Å²) >= 11 is 6.07. The van der Waals surface area contributed by atoms with Gasteiger partial charge in [-0.15, -0.1) is 0 Å². The molecule has 0 radical (unpaired) electrons. The molecule has 0 aliphatic carbocycles. The zero-order chi connectivity index (χ0) is 13.1. The maximum absolute atomic E-state index is 9.39. The third-order valence-corrected chi connectivity index (χ3v) is 3.09. The van der Waals surface area contributed by atoms with Crippen LogP contribution in [0.4, 0.5) is 0 Å². The van der Waals surface area contributed by atoms with Crippen LogP contribution in [0.2, 0.25) is 5.02 Å². The van der Waals surface area contributed by atoms with Gasteiger partial charge in [0.2, 0.25) is 0 Å². The van der Waals surface area contributed by atoms with Gasteiger partial charge in [0.25, 0.3) is 0 Å². The summed E-state index contributed by atoms with van der Waals surface area (Å²) in [6.45, 7) is 1.92. The summed E-state index contributed by atoms with van der Waals surface area (Å²) in [5.74, 6) is 0.329. The largest absolute Gasteiger partial charge is 0.496 e. The molecule has 2 aromatic rings. The number of nitrogens with one attached hydrogen (secondary N) is 1. The summed E-state index contributed by atoms with van der Waals surface area (Å²) in [5.41, 5.74) is 2.62. The van der Waals surface area contributed by atoms with Gasteiger partial charge < -0.3 is 9.72 Å². The van der Waals surface area contributed by atoms with Gasteiger partial charge in [0, 0.05) is 23.0 Å². The van der Waals surface area contributed by atoms with E-state index in [4.69, 9.17) is 16.3 Å². The number of aryl methyl sites for hydroxylation is 1. The van der Waals surface area contributed by atoms with Crippen LogP contribution in [0, 0.1) is 18.3 Å². The van der Waals surface area contributed by atoms with Gasteiger partial charge in [-0.1, -0.05) is 11.6 Å². The average molecular weight is 261 g/mol. The van der Waals surface area contributed by atoms with Crippen molar-refractivity contribution in [2.45, 2.75) is 12.8 Å². The zero-order valence-corrected chi connectivity index (χ0v) is 11.0. The van der Waals surface area contributed by atoms with Crippen molar-refractivity contribution in [1.29, 1.82) is 5.26 Å². The Morgan fingerprint density at radius 2 is 2.22 bits per heavy atom. The standard InChI is InChI=1S/C14H13ClN2O/c1-9-5-11(15)6-12(14(9)18-2)13(7-16)10-3-4-17-8-10/h3-6,8,13,17H,1-2H3. The number of benzene rings is 1. The number of aromatic nitrogens is 1. The highest BCUT2D eigenvalue weighted by molar-refractivity contribution is 6.30. The monoisotopic (exact) mass is 260 g/mol. The van der Waals surface area contributed by atoms with Crippen molar-refractivity contribution in [3.63, 3.8) is 0 Å². The second-order valence-corrected chi connectivity index (χ2v) is 4.49. The molecule has 1 aromatic carbocycles. The molecule has 0 amide bonds. The molecule has 3 nitrogen and oxygen atoms in total. The Labute approximate surface area is 111 Å². The number of nitriles is 1. The summed E-state index contributed by atoms with van der Waals surface area (Å²) in [6.07, 6.45) is 3.60. The van der Waals surface area contributed by atoms with Crippen LogP contribution in [0.25, 0.3) is 0 Å². The molecule has 2 rings (SSSR count). The van der Waals surface area contributed by atoms with Crippen molar-refractivity contribution in [1.82, 2.24) is 4.98 Å². The maximum atomic E-state index is 9.39. The molecule has 0 spiro atoms. The summed E-state index contributed by atoms with van der Waals surface area (Å²) in [4.78, 5) is 2.96. The van der Waals surface area contributed by atoms with E-state index >= 15 is 0 Å². The lowest BCUT2D eigenvalue weighted by Gasteiger charge is -2.15. The van der Waals surface area contributed by atoms with E-state index in [0.717, 1.165) is 16.7 Å². The molecule has 1 unspecified atom stereocenters. The SMILES string of the molecule is COc1c(C)cc(Cl)cc1C(C#N)c1cc[nH]c1. The molecule has 4 heteroatoms. The molecular weight excluding hydrogens is 248 g/mol. The Kier molecular flexibility index (Phi) is 3.59. The molecule has 0 fully saturated rings. The van der Waals surface area contributed by atoms with E-state index in [1.54, 1.807) is 19.4 Å². The lowest BCUT2D eigenvalue weighted by Crippen LogP contribution is -2.02. The minimum atomic E-state index is -0.386. The number of H-pyrrole nitrogens is 1. The van der Waals surface area contributed by atoms with Crippen LogP contribution in [0.3, 0.4) is 0 Å². The Bertz CT molecular complexity index is 585. The average Bonchev–Trinajstić information content (AvgIpc) is 2.83. The molecule has 1 heterocycles. The molecule has 0 aliphatic rings. The van der Waals surface area contributed by atoms with Crippen LogP contribution in [0.15, 0.2) is 30.6 Å². The van der Waals surface area contributed by atoms with Crippen LogP contribution in [0.1, 0.15) is 22.6 Å². The molecule has 0 bridgehead atoms. The number of hydrogen-bond acceptors (Lipinski definition) is 2. The van der Waals surface area contributed by atoms with Crippen LogP contribution in [0.5, 0.6) is 5.75 Å². The highest BCUT2D eigenvalue weighted by Crippen LogP contribution is 2.36. The molecule has 92 valence electrons. The van der Waals surface area contributed by atoms with Crippen molar-refractivity contribution >= 4 is 11.6 Å². The number of hydrogen-bond donors (Lipinski definition) is 1. The number of methoxy groups -OCH3 is 1. The van der Waals surface area contributed by atoms with Gasteiger partial charge in [0.15, 0.2) is 0 Å². The Morgan fingerprint density at radius 1 is 1.44 bits per heavy atom. The predicted octanol–water partition coefficient (Wildman–Crippen LogP) is 3.64. The normalized spacial score (nSPS) is 11.9. The number of nitrogens with zero attached hydrogens (tertiary/aromatic N) is 1. The Balaban J connectivity index is 2.59. The van der Waals surface area contributed by atoms with Gasteiger partial charge in [-0.2, -0.15) is 5.26 Å². The zero-order valence-electron chi connectivity index (χ0n) is 10.2. The highest BCUT2D eigenvalue weighted by atomic mass is 35.5. The minimum Gasteiger partial charge on any atom is -0.496 e. The van der Waals surface area contributed by atoms with Crippen molar-refractivity contribution in [3.8, 4) is 11.8 Å². The predicted molar refractivity (Wildman–Crippen MR) is 71.0 cm³/mol. The summed E-state index contributed by atoms with van der Waals surface area (Å²) < 4.78 is 5.39. The van der Waals surface area contributed by atoms with Crippen LogP contribution >= 0.6 is 11.6 Å². The summed E-state index contributed by atoms with van der Waals surface area (Å²) in [7, 11) is 1.60. The second kappa shape index (κ2) is 5.16. The maximum Gasteiger partial charge on any atom is 0.126 e. The quantitative estimate of drug-likeness (QED) is 0.916. The molecular formula is C14H13ClN2O. The molecule has 18 heavy (non-hydrogen) atoms. The molecule has 0 saturated carbocycles. The first kappa shape index (κ1) is 12.5. The second-order valence-electron chi connectivity index (χ2n) is 4.05. The molecule has 1 aromatic heterocycles. The van der Waals surface area contributed by atoms with Gasteiger partial charge in [0.1, 0.15) is 11.7 Å². The third kappa shape index (κ3) is 2.20. The lowest BCUT2D eigenvalue weighted by atomic mass is 9.92. The number of halogens is 1. The van der Waals surface area contributed by atoms with Crippen molar-refractivity contribution in [3.05, 3.63) is 52.3 Å². The molecule has 1 atom stereocenters. The fourth-order valence-corrected chi connectivity index (χ4v) is 2.37. The molecule has 1 N–H and O–H groups in total. The Hall–Kier alpha value is -1.92. The van der Waals surface area contributed by atoms with Crippen LogP contribution in [-0.4, -0.2) is 12.1 Å². The first-order chi connectivity index (χ1) is 8.67. The minimum absolute atomic E-state index is 0.386. The highest BCUT2D eigenvalue weighted by Gasteiger charge is 2.20. The van der Waals surface area contributed by atoms with Crippen molar-refractivity contribution in [2.24, 2.45) is 0 Å². The van der Waals surface area contributed by atoms with Gasteiger partial charge in [-0.3, -0.25) is 0 Å². The van der Waals surface area contributed by atoms with E-state index in [2.05, 4.69) is 11.1 Å². The fraction of sp³-hybridized carbons (Fsp3) is 0.214. The van der Waals surface area contributed by atoms with Crippen LogP contribution < -0.4 is 4.74 Å². The summed E-state index contributed by atoms with van der Waals surface area (Å²) in [5, 5.41) is 10.0. The van der Waals surface area contributed by atoms with Crippen molar-refractivity contribution < 1.29 is 4.74 Å². The smallest absolute Gasteiger partial charge is 0.126 e. The van der Waals surface area contributed by atoms with Gasteiger partial charge in [0.05, 0.1) is 13.2 Å². The summed E-state index contributed by atoms with van der Waals surface area (Å²) in [6, 6.07) is 7.78. The third-order valence-electron chi connectivity index (χ3n) is 2.87. The van der Waals surface area contributed by atoms with E-state index in [-0.39, 0.29) is 5.92 Å². The molecule has 0 saturated heterocycles. The first-order valence-corrected chi connectivity index (χ1v) is 5.91. The van der Waals surface area contributed by atoms with E-state index in [0.29, 0.717) is 10.8 Å². The van der Waals surface area contributed by atoms with Gasteiger partial charge in [-0.05, 0) is 36.2 Å². The topological polar surface area (TPSA) is 48.8 Å². The molecule has 0 aliphatic heterocycles. The van der Waals surface area contributed by atoms with E-state index in [1.807, 2.05) is 25.3 Å². The van der Waals surface area contributed by atoms with E-state index in [1.165, 1.54) is 0 Å². The van der Waals surface area contributed by atoms with Crippen molar-refractivity contribution in [2.75, 3.05) is 7.11 Å².